The van der Waals surface area contributed by atoms with E-state index in [-0.39, 0.29) is 11.2 Å². The Hall–Kier alpha value is -1.60. The fourth-order valence-corrected chi connectivity index (χ4v) is 0.979. The highest BCUT2D eigenvalue weighted by atomic mass is 19.1. The monoisotopic (exact) mass is 198 g/mol. The predicted molar refractivity (Wildman–Crippen MR) is 49.4 cm³/mol. The first-order valence-electron chi connectivity index (χ1n) is 3.73. The van der Waals surface area contributed by atoms with Crippen LogP contribution in [0.4, 0.5) is 14.9 Å². The van der Waals surface area contributed by atoms with Crippen LogP contribution < -0.4 is 16.5 Å². The van der Waals surface area contributed by atoms with E-state index in [0.29, 0.717) is 0 Å². The van der Waals surface area contributed by atoms with Gasteiger partial charge in [0, 0.05) is 5.46 Å². The molecule has 0 atom stereocenters. The Morgan fingerprint density at radius 1 is 1.50 bits per heavy atom. The summed E-state index contributed by atoms with van der Waals surface area (Å²) >= 11 is 0. The highest BCUT2D eigenvalue weighted by molar-refractivity contribution is 6.58. The van der Waals surface area contributed by atoms with Gasteiger partial charge in [-0.05, 0) is 6.07 Å². The number of amides is 2. The molecule has 0 saturated carbocycles. The molecule has 0 radical (unpaired) electrons. The standard InChI is InChI=1S/C7H8BFN2O3/c9-6-4(8(13)14)2-1-3-5(6)11-7(10)12/h1-3,13-14H,(H3,10,11,12). The number of halogens is 1. The van der Waals surface area contributed by atoms with Crippen LogP contribution in [0.1, 0.15) is 0 Å². The molecular formula is C7H8BFN2O3. The lowest BCUT2D eigenvalue weighted by Crippen LogP contribution is -2.34. The number of urea groups is 1. The minimum Gasteiger partial charge on any atom is -0.423 e. The summed E-state index contributed by atoms with van der Waals surface area (Å²) in [5, 5.41) is 19.5. The van der Waals surface area contributed by atoms with Crippen LogP contribution in [-0.4, -0.2) is 23.2 Å². The Kier molecular flexibility index (Phi) is 3.05. The molecule has 0 aromatic heterocycles. The fraction of sp³-hybridized carbons (Fsp3) is 0. The van der Waals surface area contributed by atoms with Crippen molar-refractivity contribution in [3.8, 4) is 0 Å². The Morgan fingerprint density at radius 3 is 2.64 bits per heavy atom. The fourth-order valence-electron chi connectivity index (χ4n) is 0.979. The Balaban J connectivity index is 3.07. The van der Waals surface area contributed by atoms with Crippen molar-refractivity contribution < 1.29 is 19.2 Å². The van der Waals surface area contributed by atoms with E-state index in [1.54, 1.807) is 0 Å². The van der Waals surface area contributed by atoms with E-state index in [0.717, 1.165) is 0 Å². The summed E-state index contributed by atoms with van der Waals surface area (Å²) in [6.07, 6.45) is 0. The smallest absolute Gasteiger partial charge is 0.423 e. The largest absolute Gasteiger partial charge is 0.491 e. The van der Waals surface area contributed by atoms with E-state index in [2.05, 4.69) is 0 Å². The number of nitrogens with one attached hydrogen (secondary N) is 1. The Labute approximate surface area is 79.5 Å². The van der Waals surface area contributed by atoms with Gasteiger partial charge >= 0.3 is 13.1 Å². The lowest BCUT2D eigenvalue weighted by Gasteiger charge is -2.07. The third-order valence-corrected chi connectivity index (χ3v) is 1.56. The molecule has 0 spiro atoms. The van der Waals surface area contributed by atoms with E-state index in [4.69, 9.17) is 15.8 Å². The molecule has 0 bridgehead atoms. The first-order chi connectivity index (χ1) is 6.52. The molecule has 0 heterocycles. The van der Waals surface area contributed by atoms with E-state index >= 15 is 0 Å². The second-order valence-electron chi connectivity index (χ2n) is 2.57. The van der Waals surface area contributed by atoms with Crippen molar-refractivity contribution in [1.29, 1.82) is 0 Å². The molecule has 0 saturated heterocycles. The average Bonchev–Trinajstić information content (AvgIpc) is 2.07. The van der Waals surface area contributed by atoms with Gasteiger partial charge in [0.2, 0.25) is 0 Å². The Bertz CT molecular complexity index is 359. The van der Waals surface area contributed by atoms with E-state index in [1.807, 2.05) is 5.32 Å². The number of nitrogens with two attached hydrogens (primary N) is 1. The maximum absolute atomic E-state index is 13.3. The summed E-state index contributed by atoms with van der Waals surface area (Å²) in [5.74, 6) is -0.915. The third-order valence-electron chi connectivity index (χ3n) is 1.56. The van der Waals surface area contributed by atoms with Crippen molar-refractivity contribution in [3.05, 3.63) is 24.0 Å². The predicted octanol–water partition coefficient (Wildman–Crippen LogP) is -1.00. The highest BCUT2D eigenvalue weighted by Gasteiger charge is 2.18. The van der Waals surface area contributed by atoms with Crippen LogP contribution in [0.5, 0.6) is 0 Å². The molecule has 5 N–H and O–H groups in total. The zero-order chi connectivity index (χ0) is 10.7. The number of rotatable bonds is 2. The van der Waals surface area contributed by atoms with Crippen LogP contribution >= 0.6 is 0 Å². The first-order valence-corrected chi connectivity index (χ1v) is 3.73. The molecule has 0 unspecified atom stereocenters. The number of carbonyl (C=O) groups excluding carboxylic acids is 1. The summed E-state index contributed by atoms with van der Waals surface area (Å²) < 4.78 is 13.3. The van der Waals surface area contributed by atoms with Gasteiger partial charge in [0.25, 0.3) is 0 Å². The van der Waals surface area contributed by atoms with Crippen molar-refractivity contribution in [2.45, 2.75) is 0 Å². The van der Waals surface area contributed by atoms with Gasteiger partial charge in [-0.3, -0.25) is 0 Å². The second kappa shape index (κ2) is 4.08. The maximum Gasteiger partial charge on any atom is 0.491 e. The number of carbonyl (C=O) groups is 1. The molecule has 14 heavy (non-hydrogen) atoms. The summed E-state index contributed by atoms with van der Waals surface area (Å²) in [5.41, 5.74) is 4.26. The number of anilines is 1. The quantitative estimate of drug-likeness (QED) is 0.458. The molecule has 1 aromatic rings. The van der Waals surface area contributed by atoms with Gasteiger partial charge in [-0.25, -0.2) is 9.18 Å². The summed E-state index contributed by atoms with van der Waals surface area (Å²) in [6.45, 7) is 0. The van der Waals surface area contributed by atoms with Gasteiger partial charge < -0.3 is 21.1 Å². The van der Waals surface area contributed by atoms with Crippen molar-refractivity contribution in [3.63, 3.8) is 0 Å². The van der Waals surface area contributed by atoms with E-state index in [1.165, 1.54) is 18.2 Å². The van der Waals surface area contributed by atoms with Crippen LogP contribution in [0.2, 0.25) is 0 Å². The number of benzene rings is 1. The van der Waals surface area contributed by atoms with Gasteiger partial charge in [0.15, 0.2) is 0 Å². The summed E-state index contributed by atoms with van der Waals surface area (Å²) in [7, 11) is -1.93. The van der Waals surface area contributed by atoms with Crippen molar-refractivity contribution in [2.24, 2.45) is 5.73 Å². The number of primary amides is 1. The molecule has 5 nitrogen and oxygen atoms in total. The van der Waals surface area contributed by atoms with Crippen molar-refractivity contribution in [2.75, 3.05) is 5.32 Å². The number of hydrogen-bond acceptors (Lipinski definition) is 3. The van der Waals surface area contributed by atoms with E-state index in [9.17, 15) is 9.18 Å². The third kappa shape index (κ3) is 2.21. The lowest BCUT2D eigenvalue weighted by molar-refractivity contribution is 0.259. The summed E-state index contributed by atoms with van der Waals surface area (Å²) in [4.78, 5) is 10.4. The summed E-state index contributed by atoms with van der Waals surface area (Å²) in [6, 6.07) is 2.88. The van der Waals surface area contributed by atoms with Gasteiger partial charge in [-0.15, -0.1) is 0 Å². The van der Waals surface area contributed by atoms with Crippen LogP contribution in [0.3, 0.4) is 0 Å². The van der Waals surface area contributed by atoms with E-state index < -0.39 is 19.0 Å². The van der Waals surface area contributed by atoms with Gasteiger partial charge in [0.1, 0.15) is 5.82 Å². The minimum atomic E-state index is -1.93. The highest BCUT2D eigenvalue weighted by Crippen LogP contribution is 2.10. The minimum absolute atomic E-state index is 0.192. The average molecular weight is 198 g/mol. The maximum atomic E-state index is 13.3. The zero-order valence-electron chi connectivity index (χ0n) is 7.07. The van der Waals surface area contributed by atoms with Crippen LogP contribution in [0.15, 0.2) is 18.2 Å². The second-order valence-corrected chi connectivity index (χ2v) is 2.57. The van der Waals surface area contributed by atoms with Crippen LogP contribution in [-0.2, 0) is 0 Å². The molecule has 0 aliphatic rings. The van der Waals surface area contributed by atoms with Gasteiger partial charge in [-0.2, -0.15) is 0 Å². The van der Waals surface area contributed by atoms with Gasteiger partial charge in [-0.1, -0.05) is 12.1 Å². The molecule has 0 aliphatic heterocycles. The zero-order valence-corrected chi connectivity index (χ0v) is 7.07. The van der Waals surface area contributed by atoms with Crippen molar-refractivity contribution >= 4 is 24.3 Å². The van der Waals surface area contributed by atoms with Crippen LogP contribution in [0, 0.1) is 5.82 Å². The molecule has 1 rings (SSSR count). The molecule has 1 aromatic carbocycles. The normalized spacial score (nSPS) is 9.64. The molecule has 7 heteroatoms. The van der Waals surface area contributed by atoms with Crippen LogP contribution in [0.25, 0.3) is 0 Å². The van der Waals surface area contributed by atoms with Crippen molar-refractivity contribution in [1.82, 2.24) is 0 Å². The van der Waals surface area contributed by atoms with Gasteiger partial charge in [0.05, 0.1) is 5.69 Å². The SMILES string of the molecule is NC(=O)Nc1cccc(B(O)O)c1F. The number of hydrogen-bond donors (Lipinski definition) is 4. The molecular weight excluding hydrogens is 190 g/mol. The molecule has 0 fully saturated rings. The molecule has 74 valence electrons. The Morgan fingerprint density at radius 2 is 2.14 bits per heavy atom. The molecule has 0 aliphatic carbocycles. The molecule has 2 amide bonds. The topological polar surface area (TPSA) is 95.6 Å². The lowest BCUT2D eigenvalue weighted by atomic mass is 9.79. The first kappa shape index (κ1) is 10.5.